The standard InChI is InChI=1S/C23H30N4O2S/c1-18-17-26-22(30-18)12-15-27(2)23(25-14-11-21-5-4-16-29-21)24-13-10-19-6-8-20(28-3)9-7-19/h4-9,16-17H,10-15H2,1-3H3,(H,24,25). The van der Waals surface area contributed by atoms with Crippen LogP contribution in [0.1, 0.15) is 21.2 Å². The van der Waals surface area contributed by atoms with Crippen molar-refractivity contribution in [3.63, 3.8) is 0 Å². The number of aryl methyl sites for hydroxylation is 1. The lowest BCUT2D eigenvalue weighted by molar-refractivity contribution is 0.414. The number of ether oxygens (including phenoxy) is 1. The Labute approximate surface area is 182 Å². The van der Waals surface area contributed by atoms with Crippen LogP contribution in [0.4, 0.5) is 0 Å². The molecule has 0 bridgehead atoms. The maximum atomic E-state index is 5.42. The summed E-state index contributed by atoms with van der Waals surface area (Å²) in [4.78, 5) is 12.7. The lowest BCUT2D eigenvalue weighted by Crippen LogP contribution is -2.41. The number of aliphatic imine (C=N–C) groups is 1. The molecule has 0 aliphatic carbocycles. The minimum Gasteiger partial charge on any atom is -0.497 e. The first kappa shape index (κ1) is 21.9. The highest BCUT2D eigenvalue weighted by Crippen LogP contribution is 2.13. The molecule has 0 saturated carbocycles. The van der Waals surface area contributed by atoms with Gasteiger partial charge in [-0.3, -0.25) is 4.99 Å². The molecule has 0 radical (unpaired) electrons. The van der Waals surface area contributed by atoms with E-state index in [0.29, 0.717) is 6.54 Å². The maximum absolute atomic E-state index is 5.42. The molecule has 1 aromatic carbocycles. The average Bonchev–Trinajstić information content (AvgIpc) is 3.43. The van der Waals surface area contributed by atoms with Crippen LogP contribution in [-0.4, -0.2) is 49.6 Å². The van der Waals surface area contributed by atoms with Crippen LogP contribution in [0.15, 0.2) is 58.3 Å². The number of likely N-dealkylation sites (N-methyl/N-ethyl adjacent to an activating group) is 1. The van der Waals surface area contributed by atoms with E-state index < -0.39 is 0 Å². The Bertz CT molecular complexity index is 904. The Hall–Kier alpha value is -2.80. The molecule has 6 nitrogen and oxygen atoms in total. The number of rotatable bonds is 10. The molecule has 0 spiro atoms. The van der Waals surface area contributed by atoms with Gasteiger partial charge in [-0.25, -0.2) is 4.98 Å². The highest BCUT2D eigenvalue weighted by atomic mass is 32.1. The van der Waals surface area contributed by atoms with Crippen LogP contribution in [0, 0.1) is 6.92 Å². The van der Waals surface area contributed by atoms with Crippen LogP contribution >= 0.6 is 11.3 Å². The topological polar surface area (TPSA) is 62.9 Å². The lowest BCUT2D eigenvalue weighted by atomic mass is 10.1. The second-order valence-corrected chi connectivity index (χ2v) is 8.42. The van der Waals surface area contributed by atoms with E-state index in [4.69, 9.17) is 14.1 Å². The minimum atomic E-state index is 0.680. The molecule has 3 rings (SSSR count). The van der Waals surface area contributed by atoms with Crippen molar-refractivity contribution < 1.29 is 9.15 Å². The highest BCUT2D eigenvalue weighted by molar-refractivity contribution is 7.11. The molecule has 0 atom stereocenters. The number of hydrogen-bond acceptors (Lipinski definition) is 5. The number of hydrogen-bond donors (Lipinski definition) is 1. The van der Waals surface area contributed by atoms with Gasteiger partial charge in [0.05, 0.1) is 18.4 Å². The quantitative estimate of drug-likeness (QED) is 0.393. The molecule has 0 amide bonds. The summed E-state index contributed by atoms with van der Waals surface area (Å²) in [6.45, 7) is 4.45. The molecule has 0 aliphatic rings. The minimum absolute atomic E-state index is 0.680. The summed E-state index contributed by atoms with van der Waals surface area (Å²) in [6.07, 6.45) is 6.25. The lowest BCUT2D eigenvalue weighted by Gasteiger charge is -2.22. The summed E-state index contributed by atoms with van der Waals surface area (Å²) in [6, 6.07) is 12.1. The fourth-order valence-corrected chi connectivity index (χ4v) is 3.81. The van der Waals surface area contributed by atoms with Gasteiger partial charge < -0.3 is 19.4 Å². The number of furan rings is 1. The van der Waals surface area contributed by atoms with Crippen molar-refractivity contribution in [2.24, 2.45) is 4.99 Å². The monoisotopic (exact) mass is 426 g/mol. The normalized spacial score (nSPS) is 11.5. The number of thiazole rings is 1. The van der Waals surface area contributed by atoms with Gasteiger partial charge in [0, 0.05) is 50.6 Å². The number of guanidine groups is 1. The highest BCUT2D eigenvalue weighted by Gasteiger charge is 2.09. The summed E-state index contributed by atoms with van der Waals surface area (Å²) in [5.41, 5.74) is 1.26. The average molecular weight is 427 g/mol. The number of benzene rings is 1. The third-order valence-corrected chi connectivity index (χ3v) is 5.72. The van der Waals surface area contributed by atoms with Crippen molar-refractivity contribution >= 4 is 17.3 Å². The second kappa shape index (κ2) is 11.4. The molecule has 0 fully saturated rings. The zero-order valence-corrected chi connectivity index (χ0v) is 18.7. The Morgan fingerprint density at radius 3 is 2.70 bits per heavy atom. The summed E-state index contributed by atoms with van der Waals surface area (Å²) in [5.74, 6) is 2.74. The SMILES string of the molecule is COc1ccc(CCNC(=NCCc2ccco2)N(C)CCc2ncc(C)s2)cc1. The van der Waals surface area contributed by atoms with E-state index in [0.717, 1.165) is 54.8 Å². The first-order valence-electron chi connectivity index (χ1n) is 10.2. The van der Waals surface area contributed by atoms with Crippen molar-refractivity contribution in [3.8, 4) is 5.75 Å². The van der Waals surface area contributed by atoms with Crippen molar-refractivity contribution in [3.05, 3.63) is 70.1 Å². The molecule has 0 saturated heterocycles. The van der Waals surface area contributed by atoms with Crippen LogP contribution in [0.2, 0.25) is 0 Å². The van der Waals surface area contributed by atoms with Gasteiger partial charge in [-0.1, -0.05) is 12.1 Å². The van der Waals surface area contributed by atoms with E-state index in [1.54, 1.807) is 24.7 Å². The molecule has 160 valence electrons. The molecule has 2 heterocycles. The molecule has 30 heavy (non-hydrogen) atoms. The molecule has 2 aromatic heterocycles. The summed E-state index contributed by atoms with van der Waals surface area (Å²) >= 11 is 1.75. The molecule has 0 aliphatic heterocycles. The molecular weight excluding hydrogens is 396 g/mol. The molecule has 7 heteroatoms. The van der Waals surface area contributed by atoms with Crippen LogP contribution < -0.4 is 10.1 Å². The van der Waals surface area contributed by atoms with Crippen molar-refractivity contribution in [1.29, 1.82) is 0 Å². The van der Waals surface area contributed by atoms with E-state index in [2.05, 4.69) is 41.3 Å². The third-order valence-electron chi connectivity index (χ3n) is 4.75. The fourth-order valence-electron chi connectivity index (χ4n) is 3.04. The molecule has 3 aromatic rings. The van der Waals surface area contributed by atoms with E-state index in [-0.39, 0.29) is 0 Å². The van der Waals surface area contributed by atoms with Gasteiger partial charge >= 0.3 is 0 Å². The third kappa shape index (κ3) is 6.91. The first-order valence-corrected chi connectivity index (χ1v) is 11.0. The smallest absolute Gasteiger partial charge is 0.193 e. The number of aromatic nitrogens is 1. The van der Waals surface area contributed by atoms with Gasteiger partial charge in [0.1, 0.15) is 11.5 Å². The second-order valence-electron chi connectivity index (χ2n) is 7.10. The van der Waals surface area contributed by atoms with Crippen molar-refractivity contribution in [2.45, 2.75) is 26.2 Å². The van der Waals surface area contributed by atoms with Gasteiger partial charge in [-0.2, -0.15) is 0 Å². The molecule has 0 unspecified atom stereocenters. The number of nitrogens with one attached hydrogen (secondary N) is 1. The van der Waals surface area contributed by atoms with E-state index in [1.807, 2.05) is 30.5 Å². The Morgan fingerprint density at radius 1 is 1.20 bits per heavy atom. The van der Waals surface area contributed by atoms with Crippen molar-refractivity contribution in [1.82, 2.24) is 15.2 Å². The van der Waals surface area contributed by atoms with E-state index in [9.17, 15) is 0 Å². The number of methoxy groups -OCH3 is 1. The van der Waals surface area contributed by atoms with Gasteiger partial charge in [0.15, 0.2) is 5.96 Å². The fraction of sp³-hybridized carbons (Fsp3) is 0.391. The summed E-state index contributed by atoms with van der Waals surface area (Å²) in [5, 5.41) is 4.67. The predicted molar refractivity (Wildman–Crippen MR) is 123 cm³/mol. The van der Waals surface area contributed by atoms with Crippen molar-refractivity contribution in [2.75, 3.05) is 33.8 Å². The Morgan fingerprint density at radius 2 is 2.03 bits per heavy atom. The summed E-state index contributed by atoms with van der Waals surface area (Å²) < 4.78 is 10.7. The Balaban J connectivity index is 1.55. The van der Waals surface area contributed by atoms with E-state index in [1.165, 1.54) is 10.4 Å². The largest absolute Gasteiger partial charge is 0.497 e. The zero-order valence-electron chi connectivity index (χ0n) is 17.9. The van der Waals surface area contributed by atoms with Gasteiger partial charge in [0.2, 0.25) is 0 Å². The van der Waals surface area contributed by atoms with Gasteiger partial charge in [0.25, 0.3) is 0 Å². The molecular formula is C23H30N4O2S. The van der Waals surface area contributed by atoms with Gasteiger partial charge in [-0.05, 0) is 43.2 Å². The predicted octanol–water partition coefficient (Wildman–Crippen LogP) is 3.96. The summed E-state index contributed by atoms with van der Waals surface area (Å²) in [7, 11) is 3.76. The number of nitrogens with zero attached hydrogens (tertiary/aromatic N) is 3. The van der Waals surface area contributed by atoms with Crippen LogP contribution in [0.5, 0.6) is 5.75 Å². The Kier molecular flexibility index (Phi) is 8.32. The van der Waals surface area contributed by atoms with E-state index >= 15 is 0 Å². The maximum Gasteiger partial charge on any atom is 0.193 e. The van der Waals surface area contributed by atoms with Crippen LogP contribution in [0.25, 0.3) is 0 Å². The zero-order chi connectivity index (χ0) is 21.2. The van der Waals surface area contributed by atoms with Gasteiger partial charge in [-0.15, -0.1) is 11.3 Å². The first-order chi connectivity index (χ1) is 14.6. The molecule has 1 N–H and O–H groups in total. The van der Waals surface area contributed by atoms with Crippen LogP contribution in [0.3, 0.4) is 0 Å². The van der Waals surface area contributed by atoms with Crippen LogP contribution in [-0.2, 0) is 19.3 Å².